The van der Waals surface area contributed by atoms with Gasteiger partial charge in [0.15, 0.2) is 0 Å². The highest BCUT2D eigenvalue weighted by Crippen LogP contribution is 2.21. The molecular formula is C15H20FN3O. The molecule has 1 aromatic rings. The molecule has 2 heterocycles. The summed E-state index contributed by atoms with van der Waals surface area (Å²) in [7, 11) is 0. The standard InChI is InChI=1S/C15H20FN3O/c16-13-3-1-2-4-14(13)18-7-9-19(10-8-18)15(20)12-5-6-17-11-12/h1-4,12,17H,5-11H2. The molecule has 0 bridgehead atoms. The molecule has 2 aliphatic rings. The maximum Gasteiger partial charge on any atom is 0.227 e. The van der Waals surface area contributed by atoms with E-state index in [1.807, 2.05) is 15.9 Å². The van der Waals surface area contributed by atoms with E-state index in [2.05, 4.69) is 5.32 Å². The van der Waals surface area contributed by atoms with E-state index >= 15 is 0 Å². The van der Waals surface area contributed by atoms with Crippen molar-refractivity contribution in [2.24, 2.45) is 5.92 Å². The predicted molar refractivity (Wildman–Crippen MR) is 76.2 cm³/mol. The average Bonchev–Trinajstić information content (AvgIpc) is 3.01. The van der Waals surface area contributed by atoms with Crippen molar-refractivity contribution in [3.63, 3.8) is 0 Å². The molecule has 0 aliphatic carbocycles. The lowest BCUT2D eigenvalue weighted by atomic mass is 10.1. The van der Waals surface area contributed by atoms with Crippen LogP contribution < -0.4 is 10.2 Å². The number of anilines is 1. The van der Waals surface area contributed by atoms with Crippen molar-refractivity contribution in [2.45, 2.75) is 6.42 Å². The van der Waals surface area contributed by atoms with Gasteiger partial charge in [-0.1, -0.05) is 12.1 Å². The summed E-state index contributed by atoms with van der Waals surface area (Å²) in [4.78, 5) is 16.2. The number of benzene rings is 1. The van der Waals surface area contributed by atoms with Crippen LogP contribution in [0.2, 0.25) is 0 Å². The number of rotatable bonds is 2. The highest BCUT2D eigenvalue weighted by Gasteiger charge is 2.29. The smallest absolute Gasteiger partial charge is 0.227 e. The Labute approximate surface area is 118 Å². The van der Waals surface area contributed by atoms with Crippen molar-refractivity contribution in [1.29, 1.82) is 0 Å². The van der Waals surface area contributed by atoms with E-state index < -0.39 is 0 Å². The molecule has 108 valence electrons. The Morgan fingerprint density at radius 3 is 2.60 bits per heavy atom. The summed E-state index contributed by atoms with van der Waals surface area (Å²) in [5.74, 6) is 0.200. The van der Waals surface area contributed by atoms with Gasteiger partial charge in [-0.2, -0.15) is 0 Å². The average molecular weight is 277 g/mol. The third-order valence-corrected chi connectivity index (χ3v) is 4.19. The molecular weight excluding hydrogens is 257 g/mol. The maximum absolute atomic E-state index is 13.7. The molecule has 0 aromatic heterocycles. The van der Waals surface area contributed by atoms with Crippen LogP contribution in [0.4, 0.5) is 10.1 Å². The van der Waals surface area contributed by atoms with Gasteiger partial charge in [-0.05, 0) is 25.1 Å². The molecule has 1 amide bonds. The zero-order valence-corrected chi connectivity index (χ0v) is 11.5. The van der Waals surface area contributed by atoms with Crippen molar-refractivity contribution in [3.8, 4) is 0 Å². The lowest BCUT2D eigenvalue weighted by molar-refractivity contribution is -0.135. The molecule has 20 heavy (non-hydrogen) atoms. The summed E-state index contributed by atoms with van der Waals surface area (Å²) >= 11 is 0. The van der Waals surface area contributed by atoms with Crippen molar-refractivity contribution in [1.82, 2.24) is 10.2 Å². The fourth-order valence-electron chi connectivity index (χ4n) is 3.00. The summed E-state index contributed by atoms with van der Waals surface area (Å²) in [5, 5.41) is 3.23. The minimum Gasteiger partial charge on any atom is -0.366 e. The molecule has 0 saturated carbocycles. The number of amides is 1. The summed E-state index contributed by atoms with van der Waals surface area (Å²) < 4.78 is 13.7. The molecule has 3 rings (SSSR count). The third kappa shape index (κ3) is 2.63. The summed E-state index contributed by atoms with van der Waals surface area (Å²) in [6.45, 7) is 4.50. The van der Waals surface area contributed by atoms with Crippen LogP contribution >= 0.6 is 0 Å². The normalized spacial score (nSPS) is 23.1. The number of carbonyl (C=O) groups excluding carboxylic acids is 1. The van der Waals surface area contributed by atoms with Crippen LogP contribution in [0.25, 0.3) is 0 Å². The Morgan fingerprint density at radius 2 is 1.95 bits per heavy atom. The first-order valence-corrected chi connectivity index (χ1v) is 7.24. The second-order valence-electron chi connectivity index (χ2n) is 5.45. The Kier molecular flexibility index (Phi) is 3.87. The minimum absolute atomic E-state index is 0.134. The van der Waals surface area contributed by atoms with Crippen molar-refractivity contribution >= 4 is 11.6 Å². The number of hydrogen-bond acceptors (Lipinski definition) is 3. The highest BCUT2D eigenvalue weighted by atomic mass is 19.1. The van der Waals surface area contributed by atoms with Crippen LogP contribution in [0, 0.1) is 11.7 Å². The number of para-hydroxylation sites is 1. The third-order valence-electron chi connectivity index (χ3n) is 4.19. The molecule has 1 N–H and O–H groups in total. The van der Waals surface area contributed by atoms with Crippen LogP contribution in [0.3, 0.4) is 0 Å². The SMILES string of the molecule is O=C(C1CCNC1)N1CCN(c2ccccc2F)CC1. The van der Waals surface area contributed by atoms with Crippen LogP contribution in [-0.2, 0) is 4.79 Å². The number of piperazine rings is 1. The first kappa shape index (κ1) is 13.4. The second kappa shape index (κ2) is 5.79. The maximum atomic E-state index is 13.7. The number of carbonyl (C=O) groups is 1. The van der Waals surface area contributed by atoms with Crippen LogP contribution in [-0.4, -0.2) is 50.1 Å². The fraction of sp³-hybridized carbons (Fsp3) is 0.533. The van der Waals surface area contributed by atoms with Gasteiger partial charge in [0.25, 0.3) is 0 Å². The van der Waals surface area contributed by atoms with Gasteiger partial charge >= 0.3 is 0 Å². The number of nitrogens with one attached hydrogen (secondary N) is 1. The molecule has 1 unspecified atom stereocenters. The molecule has 5 heteroatoms. The van der Waals surface area contributed by atoms with Crippen LogP contribution in [0.15, 0.2) is 24.3 Å². The first-order valence-electron chi connectivity index (χ1n) is 7.24. The summed E-state index contributed by atoms with van der Waals surface area (Å²) in [5.41, 5.74) is 0.641. The van der Waals surface area contributed by atoms with E-state index in [1.165, 1.54) is 6.07 Å². The van der Waals surface area contributed by atoms with Gasteiger partial charge in [0.1, 0.15) is 5.82 Å². The van der Waals surface area contributed by atoms with Crippen LogP contribution in [0.1, 0.15) is 6.42 Å². The fourth-order valence-corrected chi connectivity index (χ4v) is 3.00. The zero-order chi connectivity index (χ0) is 13.9. The predicted octanol–water partition coefficient (Wildman–Crippen LogP) is 1.08. The molecule has 2 aliphatic heterocycles. The molecule has 4 nitrogen and oxygen atoms in total. The topological polar surface area (TPSA) is 35.6 Å². The Balaban J connectivity index is 1.59. The molecule has 1 aromatic carbocycles. The monoisotopic (exact) mass is 277 g/mol. The minimum atomic E-state index is -0.188. The van der Waals surface area contributed by atoms with E-state index in [0.717, 1.165) is 19.5 Å². The highest BCUT2D eigenvalue weighted by molar-refractivity contribution is 5.79. The molecule has 2 saturated heterocycles. The lowest BCUT2D eigenvalue weighted by Gasteiger charge is -2.37. The van der Waals surface area contributed by atoms with E-state index in [1.54, 1.807) is 12.1 Å². The van der Waals surface area contributed by atoms with E-state index in [0.29, 0.717) is 31.9 Å². The van der Waals surface area contributed by atoms with E-state index in [-0.39, 0.29) is 17.6 Å². The second-order valence-corrected chi connectivity index (χ2v) is 5.45. The Morgan fingerprint density at radius 1 is 1.20 bits per heavy atom. The lowest BCUT2D eigenvalue weighted by Crippen LogP contribution is -2.50. The van der Waals surface area contributed by atoms with Gasteiger partial charge in [-0.15, -0.1) is 0 Å². The molecule has 0 spiro atoms. The molecule has 2 fully saturated rings. The van der Waals surface area contributed by atoms with Gasteiger partial charge in [0.2, 0.25) is 5.91 Å². The molecule has 1 atom stereocenters. The van der Waals surface area contributed by atoms with E-state index in [9.17, 15) is 9.18 Å². The van der Waals surface area contributed by atoms with E-state index in [4.69, 9.17) is 0 Å². The van der Waals surface area contributed by atoms with Gasteiger partial charge in [0, 0.05) is 32.7 Å². The van der Waals surface area contributed by atoms with Crippen molar-refractivity contribution in [3.05, 3.63) is 30.1 Å². The first-order chi connectivity index (χ1) is 9.75. The quantitative estimate of drug-likeness (QED) is 0.879. The Bertz CT molecular complexity index is 480. The summed E-state index contributed by atoms with van der Waals surface area (Å²) in [6, 6.07) is 6.83. The largest absolute Gasteiger partial charge is 0.366 e. The molecule has 0 radical (unpaired) electrons. The van der Waals surface area contributed by atoms with Crippen molar-refractivity contribution < 1.29 is 9.18 Å². The van der Waals surface area contributed by atoms with Crippen LogP contribution in [0.5, 0.6) is 0 Å². The Hall–Kier alpha value is -1.62. The van der Waals surface area contributed by atoms with Gasteiger partial charge in [0.05, 0.1) is 11.6 Å². The summed E-state index contributed by atoms with van der Waals surface area (Å²) in [6.07, 6.45) is 0.937. The van der Waals surface area contributed by atoms with Gasteiger partial charge < -0.3 is 15.1 Å². The number of nitrogens with zero attached hydrogens (tertiary/aromatic N) is 2. The van der Waals surface area contributed by atoms with Gasteiger partial charge in [-0.3, -0.25) is 4.79 Å². The zero-order valence-electron chi connectivity index (χ0n) is 11.5. The number of hydrogen-bond donors (Lipinski definition) is 1. The van der Waals surface area contributed by atoms with Gasteiger partial charge in [-0.25, -0.2) is 4.39 Å². The number of halogens is 1. The van der Waals surface area contributed by atoms with Crippen molar-refractivity contribution in [2.75, 3.05) is 44.2 Å².